The Labute approximate surface area is 140 Å². The lowest BCUT2D eigenvalue weighted by Gasteiger charge is -2.23. The van der Waals surface area contributed by atoms with Gasteiger partial charge in [0.15, 0.2) is 0 Å². The molecule has 7 heteroatoms. The maximum Gasteiger partial charge on any atom is 0.245 e. The number of thiophene rings is 1. The first-order chi connectivity index (χ1) is 9.87. The molecule has 4 nitrogen and oxygen atoms in total. The van der Waals surface area contributed by atoms with Gasteiger partial charge in [-0.2, -0.15) is 4.31 Å². The molecule has 0 saturated heterocycles. The molecule has 1 saturated carbocycles. The molecular weight excluding hydrogens is 372 g/mol. The van der Waals surface area contributed by atoms with Crippen LogP contribution in [0.1, 0.15) is 38.0 Å². The number of nitrogens with one attached hydrogen (secondary N) is 1. The Morgan fingerprint density at radius 3 is 2.76 bits per heavy atom. The fourth-order valence-electron chi connectivity index (χ4n) is 2.30. The molecule has 120 valence electrons. The summed E-state index contributed by atoms with van der Waals surface area (Å²) in [5, 5.41) is 3.30. The Balaban J connectivity index is 2.15. The van der Waals surface area contributed by atoms with Gasteiger partial charge in [0.1, 0.15) is 4.90 Å². The monoisotopic (exact) mass is 394 g/mol. The number of hydrogen-bond acceptors (Lipinski definition) is 4. The van der Waals surface area contributed by atoms with Gasteiger partial charge in [0.05, 0.1) is 3.79 Å². The minimum Gasteiger partial charge on any atom is -0.312 e. The molecule has 1 unspecified atom stereocenters. The second kappa shape index (κ2) is 7.08. The Kier molecular flexibility index (Phi) is 5.87. The van der Waals surface area contributed by atoms with Crippen molar-refractivity contribution in [3.05, 3.63) is 14.7 Å². The Morgan fingerprint density at radius 1 is 1.52 bits per heavy atom. The molecule has 0 spiro atoms. The van der Waals surface area contributed by atoms with E-state index < -0.39 is 10.0 Å². The molecule has 0 bridgehead atoms. The normalized spacial score (nSPS) is 17.4. The van der Waals surface area contributed by atoms with Crippen LogP contribution in [0.5, 0.6) is 0 Å². The molecule has 1 aliphatic carbocycles. The van der Waals surface area contributed by atoms with E-state index in [9.17, 15) is 8.42 Å². The lowest BCUT2D eigenvalue weighted by molar-refractivity contribution is 0.357. The lowest BCUT2D eigenvalue weighted by Crippen LogP contribution is -2.36. The van der Waals surface area contributed by atoms with Gasteiger partial charge in [0, 0.05) is 24.5 Å². The van der Waals surface area contributed by atoms with Crippen LogP contribution in [-0.2, 0) is 16.6 Å². The molecule has 0 aromatic carbocycles. The molecule has 1 aromatic rings. The van der Waals surface area contributed by atoms with E-state index in [1.54, 1.807) is 13.1 Å². The van der Waals surface area contributed by atoms with Crippen LogP contribution in [0.2, 0.25) is 0 Å². The minimum absolute atomic E-state index is 0.0727. The van der Waals surface area contributed by atoms with Gasteiger partial charge in [0.25, 0.3) is 0 Å². The SMILES string of the molecule is CCCNCc1cc(S(=O)(=O)N(C)C(C)C2CC2)c(Br)s1. The van der Waals surface area contributed by atoms with Crippen LogP contribution in [0.25, 0.3) is 0 Å². The molecule has 1 atom stereocenters. The van der Waals surface area contributed by atoms with E-state index in [1.807, 2.05) is 6.92 Å². The van der Waals surface area contributed by atoms with Crippen molar-refractivity contribution in [1.29, 1.82) is 0 Å². The largest absolute Gasteiger partial charge is 0.312 e. The molecular formula is C14H23BrN2O2S2. The van der Waals surface area contributed by atoms with Gasteiger partial charge in [-0.25, -0.2) is 8.42 Å². The van der Waals surface area contributed by atoms with Crippen LogP contribution < -0.4 is 5.32 Å². The van der Waals surface area contributed by atoms with E-state index in [2.05, 4.69) is 28.2 Å². The Bertz CT molecular complexity index is 582. The summed E-state index contributed by atoms with van der Waals surface area (Å²) in [6.45, 7) is 5.77. The zero-order valence-corrected chi connectivity index (χ0v) is 15.9. The highest BCUT2D eigenvalue weighted by molar-refractivity contribution is 9.11. The summed E-state index contributed by atoms with van der Waals surface area (Å²) in [5.41, 5.74) is 0. The van der Waals surface area contributed by atoms with Crippen molar-refractivity contribution in [2.24, 2.45) is 5.92 Å². The zero-order valence-electron chi connectivity index (χ0n) is 12.7. The predicted molar refractivity (Wildman–Crippen MR) is 91.2 cm³/mol. The molecule has 1 heterocycles. The molecule has 1 aliphatic rings. The third-order valence-corrected chi connectivity index (χ3v) is 8.16. The van der Waals surface area contributed by atoms with Crippen molar-refractivity contribution in [2.45, 2.75) is 50.6 Å². The van der Waals surface area contributed by atoms with E-state index >= 15 is 0 Å². The summed E-state index contributed by atoms with van der Waals surface area (Å²) < 4.78 is 27.7. The van der Waals surface area contributed by atoms with Crippen molar-refractivity contribution < 1.29 is 8.42 Å². The van der Waals surface area contributed by atoms with Crippen molar-refractivity contribution >= 4 is 37.3 Å². The average molecular weight is 395 g/mol. The van der Waals surface area contributed by atoms with Gasteiger partial charge in [-0.05, 0) is 60.6 Å². The standard InChI is InChI=1S/C14H23BrN2O2S2/c1-4-7-16-9-12-8-13(14(15)20-12)21(18,19)17(3)10(2)11-5-6-11/h8,10-11,16H,4-7,9H2,1-3H3. The summed E-state index contributed by atoms with van der Waals surface area (Å²) in [6, 6.07) is 1.87. The van der Waals surface area contributed by atoms with E-state index in [0.29, 0.717) is 21.1 Å². The molecule has 1 fully saturated rings. The van der Waals surface area contributed by atoms with Crippen molar-refractivity contribution in [1.82, 2.24) is 9.62 Å². The molecule has 2 rings (SSSR count). The van der Waals surface area contributed by atoms with Crippen LogP contribution in [0, 0.1) is 5.92 Å². The predicted octanol–water partition coefficient (Wildman–Crippen LogP) is 3.43. The summed E-state index contributed by atoms with van der Waals surface area (Å²) in [7, 11) is -1.72. The number of hydrogen-bond donors (Lipinski definition) is 1. The molecule has 0 aliphatic heterocycles. The highest BCUT2D eigenvalue weighted by Gasteiger charge is 2.37. The first-order valence-electron chi connectivity index (χ1n) is 7.34. The van der Waals surface area contributed by atoms with Crippen LogP contribution in [0.4, 0.5) is 0 Å². The number of halogens is 1. The molecule has 1 aromatic heterocycles. The topological polar surface area (TPSA) is 49.4 Å². The van der Waals surface area contributed by atoms with E-state index in [4.69, 9.17) is 0 Å². The minimum atomic E-state index is -3.41. The highest BCUT2D eigenvalue weighted by Crippen LogP contribution is 2.39. The molecule has 1 N–H and O–H groups in total. The van der Waals surface area contributed by atoms with Crippen molar-refractivity contribution in [3.8, 4) is 0 Å². The second-order valence-corrected chi connectivity index (χ2v) is 10.0. The number of nitrogens with zero attached hydrogens (tertiary/aromatic N) is 1. The molecule has 0 radical (unpaired) electrons. The van der Waals surface area contributed by atoms with Gasteiger partial charge in [-0.15, -0.1) is 11.3 Å². The third kappa shape index (κ3) is 4.07. The fraction of sp³-hybridized carbons (Fsp3) is 0.714. The maximum absolute atomic E-state index is 12.8. The van der Waals surface area contributed by atoms with Crippen LogP contribution in [0.3, 0.4) is 0 Å². The number of sulfonamides is 1. The van der Waals surface area contributed by atoms with Crippen molar-refractivity contribution in [2.75, 3.05) is 13.6 Å². The van der Waals surface area contributed by atoms with Gasteiger partial charge in [-0.3, -0.25) is 0 Å². The Hall–Kier alpha value is 0.0500. The van der Waals surface area contributed by atoms with Gasteiger partial charge < -0.3 is 5.32 Å². The Morgan fingerprint density at radius 2 is 2.19 bits per heavy atom. The smallest absolute Gasteiger partial charge is 0.245 e. The van der Waals surface area contributed by atoms with E-state index in [0.717, 1.165) is 30.7 Å². The van der Waals surface area contributed by atoms with Crippen molar-refractivity contribution in [3.63, 3.8) is 0 Å². The van der Waals surface area contributed by atoms with Crippen LogP contribution >= 0.6 is 27.3 Å². The summed E-state index contributed by atoms with van der Waals surface area (Å²) in [5.74, 6) is 0.521. The van der Waals surface area contributed by atoms with Crippen LogP contribution in [0.15, 0.2) is 14.7 Å². The van der Waals surface area contributed by atoms with E-state index in [-0.39, 0.29) is 6.04 Å². The number of rotatable bonds is 8. The first-order valence-corrected chi connectivity index (χ1v) is 10.4. The van der Waals surface area contributed by atoms with Crippen LogP contribution in [-0.4, -0.2) is 32.4 Å². The quantitative estimate of drug-likeness (QED) is 0.687. The average Bonchev–Trinajstić information content (AvgIpc) is 3.21. The molecule has 0 amide bonds. The lowest BCUT2D eigenvalue weighted by atomic mass is 10.2. The first kappa shape index (κ1) is 17.4. The van der Waals surface area contributed by atoms with Gasteiger partial charge in [0.2, 0.25) is 10.0 Å². The maximum atomic E-state index is 12.8. The van der Waals surface area contributed by atoms with E-state index in [1.165, 1.54) is 15.6 Å². The summed E-state index contributed by atoms with van der Waals surface area (Å²) in [6.07, 6.45) is 3.34. The zero-order chi connectivity index (χ0) is 15.6. The third-order valence-electron chi connectivity index (χ3n) is 3.97. The highest BCUT2D eigenvalue weighted by atomic mass is 79.9. The summed E-state index contributed by atoms with van der Waals surface area (Å²) >= 11 is 4.91. The molecule has 21 heavy (non-hydrogen) atoms. The fourth-order valence-corrected chi connectivity index (χ4v) is 6.32. The second-order valence-electron chi connectivity index (χ2n) is 5.63. The summed E-state index contributed by atoms with van der Waals surface area (Å²) in [4.78, 5) is 1.44. The van der Waals surface area contributed by atoms with Gasteiger partial charge >= 0.3 is 0 Å². The van der Waals surface area contributed by atoms with Gasteiger partial charge in [-0.1, -0.05) is 6.92 Å².